The van der Waals surface area contributed by atoms with Crippen LogP contribution in [0.25, 0.3) is 11.4 Å². The molecule has 114 valence electrons. The molecule has 0 saturated heterocycles. The van der Waals surface area contributed by atoms with Crippen LogP contribution in [0.5, 0.6) is 5.75 Å². The van der Waals surface area contributed by atoms with E-state index in [9.17, 15) is 9.90 Å². The minimum absolute atomic E-state index is 0.131. The maximum atomic E-state index is 12.1. The van der Waals surface area contributed by atoms with Crippen molar-refractivity contribution >= 4 is 5.97 Å². The van der Waals surface area contributed by atoms with E-state index in [-0.39, 0.29) is 17.6 Å². The molecular formula is C17H18N2O3. The fourth-order valence-electron chi connectivity index (χ4n) is 2.55. The van der Waals surface area contributed by atoms with Gasteiger partial charge in [0.2, 0.25) is 0 Å². The molecule has 0 amide bonds. The van der Waals surface area contributed by atoms with Gasteiger partial charge in [0, 0.05) is 12.1 Å². The summed E-state index contributed by atoms with van der Waals surface area (Å²) in [6, 6.07) is 6.93. The van der Waals surface area contributed by atoms with Gasteiger partial charge >= 0.3 is 5.97 Å². The summed E-state index contributed by atoms with van der Waals surface area (Å²) in [5.41, 5.74) is 1.74. The van der Waals surface area contributed by atoms with Crippen LogP contribution in [0.3, 0.4) is 0 Å². The quantitative estimate of drug-likeness (QED) is 0.877. The monoisotopic (exact) mass is 298 g/mol. The molecule has 1 aliphatic carbocycles. The summed E-state index contributed by atoms with van der Waals surface area (Å²) in [5.74, 6) is 0.458. The molecule has 1 N–H and O–H groups in total. The summed E-state index contributed by atoms with van der Waals surface area (Å²) < 4.78 is 5.09. The average molecular weight is 298 g/mol. The van der Waals surface area contributed by atoms with Crippen LogP contribution in [0.4, 0.5) is 0 Å². The molecule has 5 nitrogen and oxygen atoms in total. The number of rotatable bonds is 4. The summed E-state index contributed by atoms with van der Waals surface area (Å²) in [4.78, 5) is 20.9. The van der Waals surface area contributed by atoms with Gasteiger partial charge in [-0.2, -0.15) is 0 Å². The molecular weight excluding hydrogens is 280 g/mol. The van der Waals surface area contributed by atoms with Gasteiger partial charge in [0.15, 0.2) is 5.82 Å². The third kappa shape index (κ3) is 2.66. The fraction of sp³-hybridized carbons (Fsp3) is 0.353. The maximum Gasteiger partial charge on any atom is 0.341 e. The van der Waals surface area contributed by atoms with Crippen molar-refractivity contribution in [3.05, 3.63) is 41.7 Å². The van der Waals surface area contributed by atoms with Gasteiger partial charge in [-0.25, -0.2) is 14.8 Å². The van der Waals surface area contributed by atoms with Crippen LogP contribution in [0, 0.1) is 0 Å². The molecule has 0 bridgehead atoms. The van der Waals surface area contributed by atoms with Gasteiger partial charge in [0.1, 0.15) is 5.75 Å². The van der Waals surface area contributed by atoms with Crippen LogP contribution in [0.2, 0.25) is 0 Å². The molecule has 0 radical (unpaired) electrons. The number of phenols is 1. The molecule has 1 heterocycles. The molecule has 1 aromatic heterocycles. The predicted octanol–water partition coefficient (Wildman–Crippen LogP) is 3.29. The van der Waals surface area contributed by atoms with Crippen LogP contribution in [-0.2, 0) is 4.74 Å². The van der Waals surface area contributed by atoms with E-state index in [1.54, 1.807) is 25.1 Å². The minimum Gasteiger partial charge on any atom is -0.507 e. The Morgan fingerprint density at radius 2 is 2.14 bits per heavy atom. The van der Waals surface area contributed by atoms with Crippen molar-refractivity contribution in [1.82, 2.24) is 9.97 Å². The normalized spacial score (nSPS) is 14.4. The number of phenolic OH excluding ortho intramolecular Hbond substituents is 1. The van der Waals surface area contributed by atoms with Gasteiger partial charge in [-0.05, 0) is 31.9 Å². The lowest BCUT2D eigenvalue weighted by molar-refractivity contribution is 0.0522. The number of hydrogen-bond acceptors (Lipinski definition) is 5. The number of aromatic nitrogens is 2. The van der Waals surface area contributed by atoms with Crippen molar-refractivity contribution in [2.24, 2.45) is 0 Å². The molecule has 0 atom stereocenters. The van der Waals surface area contributed by atoms with Crippen molar-refractivity contribution in [3.8, 4) is 17.1 Å². The highest BCUT2D eigenvalue weighted by molar-refractivity contribution is 5.90. The molecule has 0 spiro atoms. The lowest BCUT2D eigenvalue weighted by Gasteiger charge is -2.26. The van der Waals surface area contributed by atoms with Crippen molar-refractivity contribution in [3.63, 3.8) is 0 Å². The van der Waals surface area contributed by atoms with Crippen molar-refractivity contribution in [2.75, 3.05) is 6.61 Å². The summed E-state index contributed by atoms with van der Waals surface area (Å²) in [6.45, 7) is 2.10. The van der Waals surface area contributed by atoms with Gasteiger partial charge in [-0.1, -0.05) is 18.6 Å². The second-order valence-electron chi connectivity index (χ2n) is 5.36. The van der Waals surface area contributed by atoms with Gasteiger partial charge in [0.25, 0.3) is 0 Å². The van der Waals surface area contributed by atoms with Gasteiger partial charge in [-0.15, -0.1) is 0 Å². The molecule has 0 unspecified atom stereocenters. The molecule has 2 aromatic rings. The average Bonchev–Trinajstić information content (AvgIpc) is 2.46. The second-order valence-corrected chi connectivity index (χ2v) is 5.36. The Labute approximate surface area is 129 Å². The van der Waals surface area contributed by atoms with E-state index in [0.29, 0.717) is 23.6 Å². The summed E-state index contributed by atoms with van der Waals surface area (Å²) in [7, 11) is 0. The zero-order chi connectivity index (χ0) is 15.5. The number of hydrogen-bond donors (Lipinski definition) is 1. The Hall–Kier alpha value is -2.43. The SMILES string of the molecule is CCOC(=O)c1cnc(-c2ccccc2O)nc1C1CCC1. The van der Waals surface area contributed by atoms with Gasteiger partial charge in [-0.3, -0.25) is 0 Å². The van der Waals surface area contributed by atoms with E-state index in [1.165, 1.54) is 6.20 Å². The van der Waals surface area contributed by atoms with Gasteiger partial charge in [0.05, 0.1) is 23.4 Å². The van der Waals surface area contributed by atoms with Crippen molar-refractivity contribution in [2.45, 2.75) is 32.1 Å². The van der Waals surface area contributed by atoms with Gasteiger partial charge < -0.3 is 9.84 Å². The van der Waals surface area contributed by atoms with Crippen LogP contribution in [0.15, 0.2) is 30.5 Å². The number of carbonyl (C=O) groups excluding carboxylic acids is 1. The Bertz CT molecular complexity index is 696. The predicted molar refractivity (Wildman–Crippen MR) is 81.7 cm³/mol. The van der Waals surface area contributed by atoms with Crippen LogP contribution in [-0.4, -0.2) is 27.7 Å². The molecule has 3 rings (SSSR count). The lowest BCUT2D eigenvalue weighted by atomic mass is 9.81. The lowest BCUT2D eigenvalue weighted by Crippen LogP contribution is -2.18. The number of nitrogens with zero attached hydrogens (tertiary/aromatic N) is 2. The fourth-order valence-corrected chi connectivity index (χ4v) is 2.55. The summed E-state index contributed by atoms with van der Waals surface area (Å²) in [5, 5.41) is 9.96. The topological polar surface area (TPSA) is 72.3 Å². The summed E-state index contributed by atoms with van der Waals surface area (Å²) >= 11 is 0. The van der Waals surface area contributed by atoms with E-state index in [1.807, 2.05) is 6.07 Å². The Balaban J connectivity index is 2.04. The molecule has 1 aromatic carbocycles. The second kappa shape index (κ2) is 6.13. The van der Waals surface area contributed by atoms with Crippen LogP contribution >= 0.6 is 0 Å². The third-order valence-corrected chi connectivity index (χ3v) is 3.95. The molecule has 5 heteroatoms. The smallest absolute Gasteiger partial charge is 0.341 e. The third-order valence-electron chi connectivity index (χ3n) is 3.95. The van der Waals surface area contributed by atoms with Crippen LogP contribution < -0.4 is 0 Å². The minimum atomic E-state index is -0.381. The molecule has 0 aliphatic heterocycles. The van der Waals surface area contributed by atoms with E-state index in [0.717, 1.165) is 25.0 Å². The Kier molecular flexibility index (Phi) is 4.04. The Morgan fingerprint density at radius 3 is 2.77 bits per heavy atom. The number of benzene rings is 1. The first-order valence-corrected chi connectivity index (χ1v) is 7.53. The first-order chi connectivity index (χ1) is 10.7. The highest BCUT2D eigenvalue weighted by Crippen LogP contribution is 2.38. The van der Waals surface area contributed by atoms with Crippen molar-refractivity contribution < 1.29 is 14.6 Å². The van der Waals surface area contributed by atoms with E-state index in [2.05, 4.69) is 9.97 Å². The largest absolute Gasteiger partial charge is 0.507 e. The number of esters is 1. The van der Waals surface area contributed by atoms with Crippen LogP contribution in [0.1, 0.15) is 48.2 Å². The highest BCUT2D eigenvalue weighted by Gasteiger charge is 2.28. The Morgan fingerprint density at radius 1 is 1.36 bits per heavy atom. The first kappa shape index (κ1) is 14.5. The zero-order valence-corrected chi connectivity index (χ0v) is 12.5. The first-order valence-electron chi connectivity index (χ1n) is 7.53. The van der Waals surface area contributed by atoms with E-state index >= 15 is 0 Å². The number of aromatic hydroxyl groups is 1. The molecule has 1 fully saturated rings. The molecule has 1 saturated carbocycles. The summed E-state index contributed by atoms with van der Waals surface area (Å²) in [6.07, 6.45) is 4.69. The highest BCUT2D eigenvalue weighted by atomic mass is 16.5. The maximum absolute atomic E-state index is 12.1. The molecule has 1 aliphatic rings. The number of ether oxygens (including phenoxy) is 1. The van der Waals surface area contributed by atoms with Crippen molar-refractivity contribution in [1.29, 1.82) is 0 Å². The zero-order valence-electron chi connectivity index (χ0n) is 12.5. The molecule has 22 heavy (non-hydrogen) atoms. The standard InChI is InChI=1S/C17H18N2O3/c1-2-22-17(21)13-10-18-16(12-8-3-4-9-14(12)20)19-15(13)11-6-5-7-11/h3-4,8-11,20H,2,5-7H2,1H3. The number of carbonyl (C=O) groups is 1. The van der Waals surface area contributed by atoms with E-state index in [4.69, 9.17) is 4.74 Å². The number of para-hydroxylation sites is 1. The van der Waals surface area contributed by atoms with E-state index < -0.39 is 0 Å².